The molecule has 5 nitrogen and oxygen atoms in total. The summed E-state index contributed by atoms with van der Waals surface area (Å²) in [6.07, 6.45) is 15.4. The number of nitrogens with zero attached hydrogens (tertiary/aromatic N) is 1. The zero-order chi connectivity index (χ0) is 21.2. The number of benzene rings is 1. The predicted octanol–water partition coefficient (Wildman–Crippen LogP) is 5.09. The van der Waals surface area contributed by atoms with Crippen LogP contribution in [-0.2, 0) is 9.59 Å². The van der Waals surface area contributed by atoms with Gasteiger partial charge in [-0.2, -0.15) is 5.10 Å². The monoisotopic (exact) mass is 405 g/mol. The Morgan fingerprint density at radius 1 is 0.931 bits per heavy atom. The highest BCUT2D eigenvalue weighted by molar-refractivity contribution is 5.86. The molecule has 2 amide bonds. The summed E-state index contributed by atoms with van der Waals surface area (Å²) in [5, 5.41) is 6.34. The maximum absolute atomic E-state index is 13.0. The van der Waals surface area contributed by atoms with Crippen LogP contribution in [0.15, 0.2) is 29.4 Å². The molecule has 0 aliphatic rings. The van der Waals surface area contributed by atoms with E-state index in [-0.39, 0.29) is 18.3 Å². The third kappa shape index (κ3) is 14.4. The van der Waals surface area contributed by atoms with E-state index in [0.717, 1.165) is 19.3 Å². The zero-order valence-electron chi connectivity index (χ0n) is 17.7. The number of amides is 2. The summed E-state index contributed by atoms with van der Waals surface area (Å²) >= 11 is 0. The largest absolute Gasteiger partial charge is 0.347 e. The van der Waals surface area contributed by atoms with E-state index in [1.54, 1.807) is 12.1 Å². The normalized spacial score (nSPS) is 11.0. The van der Waals surface area contributed by atoms with Gasteiger partial charge < -0.3 is 5.32 Å². The van der Waals surface area contributed by atoms with Crippen molar-refractivity contribution in [3.8, 4) is 0 Å². The predicted molar refractivity (Wildman–Crippen MR) is 116 cm³/mol. The van der Waals surface area contributed by atoms with Crippen molar-refractivity contribution in [1.29, 1.82) is 0 Å². The minimum atomic E-state index is -0.412. The first-order valence-corrected chi connectivity index (χ1v) is 11.0. The molecule has 0 atom stereocenters. The molecule has 1 aromatic carbocycles. The van der Waals surface area contributed by atoms with Crippen molar-refractivity contribution in [1.82, 2.24) is 10.7 Å². The first-order chi connectivity index (χ1) is 14.1. The Bertz CT molecular complexity index is 620. The lowest BCUT2D eigenvalue weighted by Gasteiger charge is -2.05. The SMILES string of the molecule is CCCCCCCCCCCCCC(=O)NCC(=O)N/N=C\c1cccc(F)c1. The summed E-state index contributed by atoms with van der Waals surface area (Å²) in [4.78, 5) is 23.4. The molecular formula is C23H36FN3O2. The van der Waals surface area contributed by atoms with Crippen LogP contribution in [0.5, 0.6) is 0 Å². The third-order valence-electron chi connectivity index (χ3n) is 4.71. The Labute approximate surface area is 174 Å². The van der Waals surface area contributed by atoms with E-state index in [1.165, 1.54) is 69.7 Å². The second-order valence-electron chi connectivity index (χ2n) is 7.41. The molecule has 0 spiro atoms. The minimum absolute atomic E-state index is 0.114. The van der Waals surface area contributed by atoms with E-state index in [2.05, 4.69) is 22.8 Å². The average molecular weight is 406 g/mol. The smallest absolute Gasteiger partial charge is 0.259 e. The van der Waals surface area contributed by atoms with Crippen LogP contribution in [0, 0.1) is 5.82 Å². The summed E-state index contributed by atoms with van der Waals surface area (Å²) in [6, 6.07) is 5.88. The lowest BCUT2D eigenvalue weighted by Crippen LogP contribution is -2.34. The van der Waals surface area contributed by atoms with Gasteiger partial charge in [0.25, 0.3) is 5.91 Å². The van der Waals surface area contributed by atoms with Crippen molar-refractivity contribution in [3.63, 3.8) is 0 Å². The molecule has 6 heteroatoms. The second-order valence-corrected chi connectivity index (χ2v) is 7.41. The molecule has 162 valence electrons. The van der Waals surface area contributed by atoms with Crippen LogP contribution in [0.1, 0.15) is 89.5 Å². The maximum Gasteiger partial charge on any atom is 0.259 e. The Morgan fingerprint density at radius 2 is 1.55 bits per heavy atom. The van der Waals surface area contributed by atoms with Gasteiger partial charge >= 0.3 is 0 Å². The molecule has 2 N–H and O–H groups in total. The molecule has 0 saturated heterocycles. The highest BCUT2D eigenvalue weighted by Crippen LogP contribution is 2.11. The number of nitrogens with one attached hydrogen (secondary N) is 2. The lowest BCUT2D eigenvalue weighted by atomic mass is 10.1. The van der Waals surface area contributed by atoms with E-state index < -0.39 is 5.91 Å². The number of hydrogen-bond donors (Lipinski definition) is 2. The number of hydrazone groups is 1. The molecule has 0 fully saturated rings. The van der Waals surface area contributed by atoms with Gasteiger partial charge in [-0.1, -0.05) is 83.3 Å². The Kier molecular flexibility index (Phi) is 14.3. The van der Waals surface area contributed by atoms with Crippen molar-refractivity contribution < 1.29 is 14.0 Å². The Hall–Kier alpha value is -2.24. The number of unbranched alkanes of at least 4 members (excludes halogenated alkanes) is 10. The van der Waals surface area contributed by atoms with Crippen LogP contribution >= 0.6 is 0 Å². The van der Waals surface area contributed by atoms with Crippen LogP contribution in [-0.4, -0.2) is 24.6 Å². The Balaban J connectivity index is 1.96. The average Bonchev–Trinajstić information content (AvgIpc) is 2.70. The molecule has 1 rings (SSSR count). The standard InChI is InChI=1S/C23H36FN3O2/c1-2-3-4-5-6-7-8-9-10-11-12-16-22(28)25-19-23(29)27-26-18-20-14-13-15-21(24)17-20/h13-15,17-18H,2-12,16,19H2,1H3,(H,25,28)(H,27,29)/b26-18-. The van der Waals surface area contributed by atoms with E-state index in [4.69, 9.17) is 0 Å². The fourth-order valence-electron chi connectivity index (χ4n) is 3.02. The van der Waals surface area contributed by atoms with Gasteiger partial charge in [0.15, 0.2) is 0 Å². The molecule has 0 heterocycles. The third-order valence-corrected chi connectivity index (χ3v) is 4.71. The van der Waals surface area contributed by atoms with Crippen molar-refractivity contribution in [2.24, 2.45) is 5.10 Å². The molecule has 0 saturated carbocycles. The van der Waals surface area contributed by atoms with Crippen LogP contribution in [0.2, 0.25) is 0 Å². The fraction of sp³-hybridized carbons (Fsp3) is 0.609. The molecule has 0 aliphatic heterocycles. The van der Waals surface area contributed by atoms with Gasteiger partial charge in [-0.3, -0.25) is 9.59 Å². The van der Waals surface area contributed by atoms with Crippen LogP contribution in [0.3, 0.4) is 0 Å². The van der Waals surface area contributed by atoms with Crippen LogP contribution in [0.4, 0.5) is 4.39 Å². The molecule has 0 aliphatic carbocycles. The van der Waals surface area contributed by atoms with E-state index in [9.17, 15) is 14.0 Å². The summed E-state index contributed by atoms with van der Waals surface area (Å²) in [7, 11) is 0. The summed E-state index contributed by atoms with van der Waals surface area (Å²) in [6.45, 7) is 2.12. The number of rotatable bonds is 16. The number of hydrogen-bond acceptors (Lipinski definition) is 3. The van der Waals surface area contributed by atoms with Gasteiger partial charge in [0, 0.05) is 6.42 Å². The molecule has 29 heavy (non-hydrogen) atoms. The van der Waals surface area contributed by atoms with Crippen molar-refractivity contribution in [2.45, 2.75) is 84.0 Å². The van der Waals surface area contributed by atoms with E-state index in [1.807, 2.05) is 0 Å². The lowest BCUT2D eigenvalue weighted by molar-refractivity contribution is -0.126. The first-order valence-electron chi connectivity index (χ1n) is 11.0. The summed E-state index contributed by atoms with van der Waals surface area (Å²) < 4.78 is 13.0. The van der Waals surface area contributed by atoms with Gasteiger partial charge in [0.05, 0.1) is 12.8 Å². The highest BCUT2D eigenvalue weighted by atomic mass is 19.1. The molecule has 0 radical (unpaired) electrons. The van der Waals surface area contributed by atoms with Gasteiger partial charge in [-0.15, -0.1) is 0 Å². The molecule has 0 unspecified atom stereocenters. The van der Waals surface area contributed by atoms with E-state index in [0.29, 0.717) is 12.0 Å². The summed E-state index contributed by atoms with van der Waals surface area (Å²) in [5.41, 5.74) is 2.86. The number of halogens is 1. The van der Waals surface area contributed by atoms with Crippen LogP contribution in [0.25, 0.3) is 0 Å². The van der Waals surface area contributed by atoms with Crippen molar-refractivity contribution in [2.75, 3.05) is 6.54 Å². The number of carbonyl (C=O) groups excluding carboxylic acids is 2. The van der Waals surface area contributed by atoms with Crippen LogP contribution < -0.4 is 10.7 Å². The topological polar surface area (TPSA) is 70.6 Å². The quantitative estimate of drug-likeness (QED) is 0.228. The summed E-state index contributed by atoms with van der Waals surface area (Å²) in [5.74, 6) is -0.898. The minimum Gasteiger partial charge on any atom is -0.347 e. The molecule has 1 aromatic rings. The molecule has 0 bridgehead atoms. The Morgan fingerprint density at radius 3 is 2.17 bits per heavy atom. The molecular weight excluding hydrogens is 369 g/mol. The van der Waals surface area contributed by atoms with Crippen molar-refractivity contribution in [3.05, 3.63) is 35.6 Å². The van der Waals surface area contributed by atoms with Crippen molar-refractivity contribution >= 4 is 18.0 Å². The van der Waals surface area contributed by atoms with Gasteiger partial charge in [-0.25, -0.2) is 9.82 Å². The number of carbonyl (C=O) groups is 2. The second kappa shape index (κ2) is 16.7. The van der Waals surface area contributed by atoms with E-state index >= 15 is 0 Å². The fourth-order valence-corrected chi connectivity index (χ4v) is 3.02. The van der Waals surface area contributed by atoms with Gasteiger partial charge in [0.2, 0.25) is 5.91 Å². The first kappa shape index (κ1) is 24.8. The zero-order valence-corrected chi connectivity index (χ0v) is 17.7. The molecule has 0 aromatic heterocycles. The maximum atomic E-state index is 13.0. The van der Waals surface area contributed by atoms with Gasteiger partial charge in [0.1, 0.15) is 5.82 Å². The highest BCUT2D eigenvalue weighted by Gasteiger charge is 2.04. The van der Waals surface area contributed by atoms with Gasteiger partial charge in [-0.05, 0) is 24.1 Å².